The molecule has 0 saturated carbocycles. The van der Waals surface area contributed by atoms with Crippen LogP contribution in [0.4, 0.5) is 11.5 Å². The molecule has 9 nitrogen and oxygen atoms in total. The number of hydrogen-bond donors (Lipinski definition) is 3. The molecular weight excluding hydrogens is 454 g/mol. The van der Waals surface area contributed by atoms with Crippen LogP contribution in [0.5, 0.6) is 0 Å². The van der Waals surface area contributed by atoms with Crippen LogP contribution in [0.1, 0.15) is 48.5 Å². The van der Waals surface area contributed by atoms with E-state index in [1.165, 1.54) is 20.8 Å². The van der Waals surface area contributed by atoms with Crippen LogP contribution in [-0.2, 0) is 17.9 Å². The average Bonchev–Trinajstić information content (AvgIpc) is 3.36. The zero-order valence-electron chi connectivity index (χ0n) is 19.1. The van der Waals surface area contributed by atoms with Crippen LogP contribution >= 0.6 is 11.3 Å². The highest BCUT2D eigenvalue weighted by atomic mass is 32.1. The van der Waals surface area contributed by atoms with E-state index in [2.05, 4.69) is 10.3 Å². The molecule has 3 aromatic rings. The van der Waals surface area contributed by atoms with E-state index in [-0.39, 0.29) is 36.3 Å². The number of unbranched alkanes of at least 4 members (excludes halogenated alkanes) is 1. The standard InChI is InChI=1S/C24H29N5O4S/c1-2-3-13-28-21(25)20(23(32)27-24(28)33)29(15-17-8-5-4-6-9-17)19(30)10-7-12-26-22(31)18-11-14-34-16-18/h4-6,8-9,11,14,16H,2-3,7,10,12-13,15,25H2,1H3,(H,26,31)(H,27,32,33). The molecule has 10 heteroatoms. The number of thiophene rings is 1. The smallest absolute Gasteiger partial charge is 0.330 e. The Labute approximate surface area is 201 Å². The summed E-state index contributed by atoms with van der Waals surface area (Å²) in [6, 6.07) is 11.0. The molecule has 0 aliphatic carbocycles. The summed E-state index contributed by atoms with van der Waals surface area (Å²) < 4.78 is 1.30. The Hall–Kier alpha value is -3.66. The Morgan fingerprint density at radius 1 is 1.15 bits per heavy atom. The maximum atomic E-state index is 13.3. The van der Waals surface area contributed by atoms with Gasteiger partial charge in [0.15, 0.2) is 5.69 Å². The molecule has 0 bridgehead atoms. The average molecular weight is 484 g/mol. The molecule has 0 saturated heterocycles. The van der Waals surface area contributed by atoms with E-state index in [4.69, 9.17) is 5.73 Å². The zero-order valence-corrected chi connectivity index (χ0v) is 19.9. The van der Waals surface area contributed by atoms with Gasteiger partial charge >= 0.3 is 5.69 Å². The highest BCUT2D eigenvalue weighted by Crippen LogP contribution is 2.21. The van der Waals surface area contributed by atoms with Crippen molar-refractivity contribution in [3.8, 4) is 0 Å². The van der Waals surface area contributed by atoms with Crippen LogP contribution in [0.3, 0.4) is 0 Å². The third kappa shape index (κ3) is 6.22. The van der Waals surface area contributed by atoms with Gasteiger partial charge < -0.3 is 16.0 Å². The Kier molecular flexibility index (Phi) is 8.80. The summed E-state index contributed by atoms with van der Waals surface area (Å²) in [5, 5.41) is 6.37. The number of H-pyrrole nitrogens is 1. The molecule has 0 aliphatic heterocycles. The van der Waals surface area contributed by atoms with Crippen molar-refractivity contribution in [3.63, 3.8) is 0 Å². The number of amides is 2. The number of carbonyl (C=O) groups excluding carboxylic acids is 2. The van der Waals surface area contributed by atoms with E-state index in [1.807, 2.05) is 42.6 Å². The number of rotatable bonds is 11. The van der Waals surface area contributed by atoms with E-state index in [0.29, 0.717) is 31.5 Å². The van der Waals surface area contributed by atoms with Crippen LogP contribution in [0.15, 0.2) is 56.7 Å². The van der Waals surface area contributed by atoms with Gasteiger partial charge in [0.1, 0.15) is 5.82 Å². The SMILES string of the molecule is CCCCn1c(N)c(N(Cc2ccccc2)C(=O)CCCNC(=O)c2ccsc2)c(=O)[nH]c1=O. The van der Waals surface area contributed by atoms with E-state index in [0.717, 1.165) is 12.0 Å². The zero-order chi connectivity index (χ0) is 24.5. The van der Waals surface area contributed by atoms with E-state index >= 15 is 0 Å². The number of nitrogens with two attached hydrogens (primary N) is 1. The second kappa shape index (κ2) is 12.0. The normalized spacial score (nSPS) is 10.7. The topological polar surface area (TPSA) is 130 Å². The maximum absolute atomic E-state index is 13.3. The van der Waals surface area contributed by atoms with Crippen molar-refractivity contribution in [1.82, 2.24) is 14.9 Å². The molecule has 0 atom stereocenters. The second-order valence-electron chi connectivity index (χ2n) is 7.84. The van der Waals surface area contributed by atoms with Crippen molar-refractivity contribution < 1.29 is 9.59 Å². The number of carbonyl (C=O) groups is 2. The first-order valence-electron chi connectivity index (χ1n) is 11.2. The molecule has 2 aromatic heterocycles. The van der Waals surface area contributed by atoms with Gasteiger partial charge in [0, 0.05) is 30.5 Å². The Balaban J connectivity index is 1.81. The summed E-state index contributed by atoms with van der Waals surface area (Å²) >= 11 is 1.43. The predicted octanol–water partition coefficient (Wildman–Crippen LogP) is 2.72. The number of aromatic nitrogens is 2. The minimum atomic E-state index is -0.703. The first-order chi connectivity index (χ1) is 16.4. The first kappa shape index (κ1) is 25.0. The second-order valence-corrected chi connectivity index (χ2v) is 8.62. The third-order valence-corrected chi connectivity index (χ3v) is 6.02. The van der Waals surface area contributed by atoms with E-state index in [9.17, 15) is 19.2 Å². The number of anilines is 2. The van der Waals surface area contributed by atoms with E-state index in [1.54, 1.807) is 11.4 Å². The molecule has 0 aliphatic rings. The number of benzene rings is 1. The summed E-state index contributed by atoms with van der Waals surface area (Å²) in [5.41, 5.74) is 6.32. The largest absolute Gasteiger partial charge is 0.383 e. The lowest BCUT2D eigenvalue weighted by atomic mass is 10.1. The fourth-order valence-electron chi connectivity index (χ4n) is 3.51. The molecule has 2 heterocycles. The van der Waals surface area contributed by atoms with E-state index < -0.39 is 11.2 Å². The fourth-order valence-corrected chi connectivity index (χ4v) is 4.14. The maximum Gasteiger partial charge on any atom is 0.330 e. The molecule has 0 fully saturated rings. The summed E-state index contributed by atoms with van der Waals surface area (Å²) in [7, 11) is 0. The number of nitrogens with one attached hydrogen (secondary N) is 2. The molecule has 3 rings (SSSR count). The Bertz CT molecular complexity index is 1220. The van der Waals surface area contributed by atoms with Gasteiger partial charge in [-0.15, -0.1) is 0 Å². The molecule has 1 aromatic carbocycles. The van der Waals surface area contributed by atoms with Gasteiger partial charge in [-0.2, -0.15) is 11.3 Å². The quantitative estimate of drug-likeness (QED) is 0.361. The number of nitrogen functional groups attached to an aromatic ring is 1. The van der Waals surface area contributed by atoms with Crippen molar-refractivity contribution in [3.05, 3.63) is 79.1 Å². The Morgan fingerprint density at radius 3 is 2.59 bits per heavy atom. The fraction of sp³-hybridized carbons (Fsp3) is 0.333. The highest BCUT2D eigenvalue weighted by Gasteiger charge is 2.24. The van der Waals surface area contributed by atoms with Gasteiger partial charge in [-0.25, -0.2) is 4.79 Å². The monoisotopic (exact) mass is 483 g/mol. The summed E-state index contributed by atoms with van der Waals surface area (Å²) in [6.07, 6.45) is 2.01. The summed E-state index contributed by atoms with van der Waals surface area (Å²) in [6.45, 7) is 2.75. The van der Waals surface area contributed by atoms with Gasteiger partial charge in [-0.3, -0.25) is 23.9 Å². The minimum absolute atomic E-state index is 0.0303. The molecule has 0 unspecified atom stereocenters. The molecular formula is C24H29N5O4S. The minimum Gasteiger partial charge on any atom is -0.383 e. The molecule has 4 N–H and O–H groups in total. The molecule has 34 heavy (non-hydrogen) atoms. The molecule has 0 spiro atoms. The summed E-state index contributed by atoms with van der Waals surface area (Å²) in [4.78, 5) is 54.1. The van der Waals surface area contributed by atoms with Crippen molar-refractivity contribution >= 4 is 34.7 Å². The number of hydrogen-bond acceptors (Lipinski definition) is 6. The summed E-state index contributed by atoms with van der Waals surface area (Å²) in [5.74, 6) is -0.553. The molecule has 180 valence electrons. The molecule has 2 amide bonds. The van der Waals surface area contributed by atoms with Crippen LogP contribution in [0, 0.1) is 0 Å². The van der Waals surface area contributed by atoms with Crippen LogP contribution in [0.25, 0.3) is 0 Å². The van der Waals surface area contributed by atoms with Gasteiger partial charge in [0.25, 0.3) is 11.5 Å². The van der Waals surface area contributed by atoms with Crippen molar-refractivity contribution in [1.29, 1.82) is 0 Å². The van der Waals surface area contributed by atoms with Crippen molar-refractivity contribution in [2.24, 2.45) is 0 Å². The Morgan fingerprint density at radius 2 is 1.91 bits per heavy atom. The third-order valence-electron chi connectivity index (χ3n) is 5.34. The highest BCUT2D eigenvalue weighted by molar-refractivity contribution is 7.08. The number of aromatic amines is 1. The van der Waals surface area contributed by atoms with Crippen LogP contribution in [-0.4, -0.2) is 27.9 Å². The first-order valence-corrected chi connectivity index (χ1v) is 12.1. The lowest BCUT2D eigenvalue weighted by molar-refractivity contribution is -0.118. The lowest BCUT2D eigenvalue weighted by Gasteiger charge is -2.25. The van der Waals surface area contributed by atoms with Gasteiger partial charge in [-0.05, 0) is 29.9 Å². The van der Waals surface area contributed by atoms with Crippen molar-refractivity contribution in [2.45, 2.75) is 45.7 Å². The van der Waals surface area contributed by atoms with Gasteiger partial charge in [-0.1, -0.05) is 43.7 Å². The number of nitrogens with zero attached hydrogens (tertiary/aromatic N) is 2. The van der Waals surface area contributed by atoms with Gasteiger partial charge in [0.2, 0.25) is 5.91 Å². The van der Waals surface area contributed by atoms with Crippen molar-refractivity contribution in [2.75, 3.05) is 17.2 Å². The van der Waals surface area contributed by atoms with Gasteiger partial charge in [0.05, 0.1) is 6.54 Å². The molecule has 0 radical (unpaired) electrons. The van der Waals surface area contributed by atoms with Crippen LogP contribution in [0.2, 0.25) is 0 Å². The lowest BCUT2D eigenvalue weighted by Crippen LogP contribution is -2.41. The van der Waals surface area contributed by atoms with Crippen LogP contribution < -0.4 is 27.2 Å². The predicted molar refractivity (Wildman–Crippen MR) is 134 cm³/mol.